The molecule has 0 spiro atoms. The molecule has 1 nitrogen and oxygen atoms in total. The Morgan fingerprint density at radius 3 is 1.33 bits per heavy atom. The third-order valence-corrected chi connectivity index (χ3v) is 0. The normalized spacial score (nSPS) is 3.50. The predicted octanol–water partition coefficient (Wildman–Crippen LogP) is -6.66. The van der Waals surface area contributed by atoms with Crippen molar-refractivity contribution in [1.82, 2.24) is 0 Å². The highest BCUT2D eigenvalue weighted by Crippen LogP contribution is 1.63. The molecule has 6 heavy (non-hydrogen) atoms. The Labute approximate surface area is 55.9 Å². The SMILES string of the molecule is OC[PH3+].[Cl-].[Cl-].[PH4+]. The summed E-state index contributed by atoms with van der Waals surface area (Å²) in [5, 5.41) is 7.58. The number of halogens is 2. The number of aliphatic hydroxyl groups is 1. The summed E-state index contributed by atoms with van der Waals surface area (Å²) in [4.78, 5) is 0. The summed E-state index contributed by atoms with van der Waals surface area (Å²) in [5.74, 6) is 0. The molecule has 0 bridgehead atoms. The van der Waals surface area contributed by atoms with Crippen LogP contribution < -0.4 is 24.8 Å². The van der Waals surface area contributed by atoms with Gasteiger partial charge in [0.2, 0.25) is 0 Å². The molecule has 0 aromatic rings. The van der Waals surface area contributed by atoms with E-state index in [9.17, 15) is 0 Å². The summed E-state index contributed by atoms with van der Waals surface area (Å²) >= 11 is 0. The number of hydrogen-bond donors (Lipinski definition) is 1. The molecule has 0 amide bonds. The molecule has 5 heteroatoms. The van der Waals surface area contributed by atoms with Gasteiger partial charge in [0.15, 0.2) is 0 Å². The van der Waals surface area contributed by atoms with Crippen LogP contribution in [0.1, 0.15) is 0 Å². The minimum Gasteiger partial charge on any atom is -1.00 e. The van der Waals surface area contributed by atoms with Crippen LogP contribution >= 0.6 is 19.1 Å². The molecular weight excluding hydrogens is 161 g/mol. The molecule has 0 aliphatic carbocycles. The standard InChI is InChI=1S/CH5OP.2ClH.H3P/c2-1-3;;;/h2H,1,3H2;2*1H;1H3. The van der Waals surface area contributed by atoms with Crippen LogP contribution in [0.5, 0.6) is 0 Å². The van der Waals surface area contributed by atoms with Gasteiger partial charge in [-0.1, -0.05) is 0 Å². The molecule has 2 atom stereocenters. The van der Waals surface area contributed by atoms with Gasteiger partial charge in [-0.3, -0.25) is 0 Å². The van der Waals surface area contributed by atoms with E-state index < -0.39 is 0 Å². The highest BCUT2D eigenvalue weighted by atomic mass is 35.5. The average molecular weight is 171 g/mol. The minimum atomic E-state index is 0. The molecule has 0 aliphatic rings. The Morgan fingerprint density at radius 2 is 1.33 bits per heavy atom. The lowest BCUT2D eigenvalue weighted by Crippen LogP contribution is -3.00. The van der Waals surface area contributed by atoms with Crippen molar-refractivity contribution in [3.8, 4) is 0 Å². The van der Waals surface area contributed by atoms with Crippen molar-refractivity contribution in [2.75, 3.05) is 6.35 Å². The van der Waals surface area contributed by atoms with Crippen LogP contribution in [0.15, 0.2) is 0 Å². The highest BCUT2D eigenvalue weighted by molar-refractivity contribution is 7.16. The maximum atomic E-state index is 7.58. The van der Waals surface area contributed by atoms with Crippen molar-refractivity contribution in [2.45, 2.75) is 0 Å². The van der Waals surface area contributed by atoms with Crippen molar-refractivity contribution in [3.63, 3.8) is 0 Å². The Hall–Kier alpha value is 1.40. The first-order valence-corrected chi connectivity index (χ1v) is 1.82. The molecule has 1 N–H and O–H groups in total. The zero-order chi connectivity index (χ0) is 2.71. The summed E-state index contributed by atoms with van der Waals surface area (Å²) in [7, 11) is 1.53. The summed E-state index contributed by atoms with van der Waals surface area (Å²) in [6.07, 6.45) is 0.278. The Bertz CT molecular complexity index is 11.5. The van der Waals surface area contributed by atoms with Crippen molar-refractivity contribution in [1.29, 1.82) is 0 Å². The number of hydrogen-bond acceptors (Lipinski definition) is 1. The van der Waals surface area contributed by atoms with E-state index in [1.54, 1.807) is 0 Å². The van der Waals surface area contributed by atoms with Crippen LogP contribution in [0, 0.1) is 0 Å². The van der Waals surface area contributed by atoms with Crippen LogP contribution in [0.3, 0.4) is 0 Å². The van der Waals surface area contributed by atoms with Crippen LogP contribution in [-0.2, 0) is 0 Å². The van der Waals surface area contributed by atoms with Crippen LogP contribution in [0.25, 0.3) is 0 Å². The first kappa shape index (κ1) is 26.2. The van der Waals surface area contributed by atoms with Gasteiger partial charge in [0.1, 0.15) is 6.35 Å². The van der Waals surface area contributed by atoms with E-state index in [0.717, 1.165) is 0 Å². The Morgan fingerprint density at radius 1 is 1.33 bits per heavy atom. The van der Waals surface area contributed by atoms with Gasteiger partial charge >= 0.3 is 0 Å². The number of rotatable bonds is 0. The first-order chi connectivity index (χ1) is 1.41. The topological polar surface area (TPSA) is 20.2 Å². The molecule has 0 heterocycles. The third kappa shape index (κ3) is 53.3. The fourth-order valence-corrected chi connectivity index (χ4v) is 0. The second kappa shape index (κ2) is 32.4. The van der Waals surface area contributed by atoms with Crippen molar-refractivity contribution >= 4 is 19.1 Å². The van der Waals surface area contributed by atoms with Gasteiger partial charge in [0, 0.05) is 9.24 Å². The average Bonchev–Trinajstić information content (AvgIpc) is 0.918. The van der Waals surface area contributed by atoms with E-state index in [-0.39, 0.29) is 41.1 Å². The van der Waals surface area contributed by atoms with Crippen LogP contribution in [-0.4, -0.2) is 11.5 Å². The highest BCUT2D eigenvalue weighted by Gasteiger charge is 1.42. The molecule has 0 aliphatic heterocycles. The van der Waals surface area contributed by atoms with Crippen molar-refractivity contribution in [2.24, 2.45) is 0 Å². The zero-order valence-corrected chi connectivity index (χ0v) is 8.54. The van der Waals surface area contributed by atoms with E-state index >= 15 is 0 Å². The Kier molecular flexibility index (Phi) is 142. The maximum Gasteiger partial charge on any atom is 0.147 e. The van der Waals surface area contributed by atoms with E-state index in [2.05, 4.69) is 0 Å². The molecule has 2 unspecified atom stereocenters. The molecule has 0 saturated carbocycles. The fourth-order valence-electron chi connectivity index (χ4n) is 0. The summed E-state index contributed by atoms with van der Waals surface area (Å²) in [6.45, 7) is 0. The zero-order valence-electron chi connectivity index (χ0n) is 3.62. The molecule has 0 rings (SSSR count). The third-order valence-electron chi connectivity index (χ3n) is 0. The second-order valence-corrected chi connectivity index (χ2v) is 0.671. The quantitative estimate of drug-likeness (QED) is 0.359. The molecular formula is CH10Cl2OP2. The minimum absolute atomic E-state index is 0. The molecule has 44 valence electrons. The lowest BCUT2D eigenvalue weighted by molar-refractivity contribution is -0.001000. The van der Waals surface area contributed by atoms with Crippen LogP contribution in [0.2, 0.25) is 0 Å². The summed E-state index contributed by atoms with van der Waals surface area (Å²) < 4.78 is 0. The molecule has 0 aromatic heterocycles. The van der Waals surface area contributed by atoms with Gasteiger partial charge in [-0.2, -0.15) is 0 Å². The first-order valence-electron chi connectivity index (χ1n) is 0.816. The van der Waals surface area contributed by atoms with E-state index in [4.69, 9.17) is 5.11 Å². The predicted molar refractivity (Wildman–Crippen MR) is 30.7 cm³/mol. The summed E-state index contributed by atoms with van der Waals surface area (Å²) in [6, 6.07) is 0. The van der Waals surface area contributed by atoms with E-state index in [0.29, 0.717) is 0 Å². The summed E-state index contributed by atoms with van der Waals surface area (Å²) in [5.41, 5.74) is 0. The van der Waals surface area contributed by atoms with Gasteiger partial charge in [-0.25, -0.2) is 0 Å². The van der Waals surface area contributed by atoms with Gasteiger partial charge in [0.25, 0.3) is 0 Å². The lowest BCUT2D eigenvalue weighted by atomic mass is 11.7. The van der Waals surface area contributed by atoms with Crippen LogP contribution in [0.4, 0.5) is 0 Å². The van der Waals surface area contributed by atoms with Crippen molar-refractivity contribution in [3.05, 3.63) is 0 Å². The Balaban J connectivity index is -0.00000000667. The molecule has 0 saturated heterocycles. The monoisotopic (exact) mass is 170 g/mol. The lowest BCUT2D eigenvalue weighted by Gasteiger charge is -1.45. The smallest absolute Gasteiger partial charge is 0.147 e. The van der Waals surface area contributed by atoms with Crippen molar-refractivity contribution < 1.29 is 29.9 Å². The second-order valence-electron chi connectivity index (χ2n) is 0.224. The van der Waals surface area contributed by atoms with Gasteiger partial charge in [-0.15, -0.1) is 0 Å². The maximum absolute atomic E-state index is 7.58. The molecule has 0 fully saturated rings. The molecule has 0 radical (unpaired) electrons. The van der Waals surface area contributed by atoms with Gasteiger partial charge in [0.05, 0.1) is 0 Å². The van der Waals surface area contributed by atoms with Gasteiger partial charge in [-0.05, 0) is 9.90 Å². The number of aliphatic hydroxyl groups excluding tert-OH is 1. The largest absolute Gasteiger partial charge is 1.00 e. The van der Waals surface area contributed by atoms with E-state index in [1.807, 2.05) is 0 Å². The molecule has 0 aromatic carbocycles. The van der Waals surface area contributed by atoms with Gasteiger partial charge < -0.3 is 29.9 Å². The fraction of sp³-hybridized carbons (Fsp3) is 1.00. The van der Waals surface area contributed by atoms with E-state index in [1.165, 1.54) is 9.24 Å².